The molecule has 1 spiro atoms. The molecule has 1 heterocycles. The molecular weight excluding hydrogens is 352 g/mol. The van der Waals surface area contributed by atoms with Crippen molar-refractivity contribution in [1.29, 1.82) is 0 Å². The summed E-state index contributed by atoms with van der Waals surface area (Å²) in [5.41, 5.74) is -0.258. The maximum atomic E-state index is 13.4. The molecule has 0 aromatic carbocycles. The zero-order valence-corrected chi connectivity index (χ0v) is 17.5. The molecule has 26 heavy (non-hydrogen) atoms. The predicted octanol–water partition coefficient (Wildman–Crippen LogP) is 2.10. The summed E-state index contributed by atoms with van der Waals surface area (Å²) in [7, 11) is 2.25. The lowest BCUT2D eigenvalue weighted by Gasteiger charge is -2.45. The molecule has 3 aliphatic rings. The van der Waals surface area contributed by atoms with Crippen molar-refractivity contribution in [3.63, 3.8) is 0 Å². The molecule has 1 aliphatic heterocycles. The minimum Gasteiger partial charge on any atom is -0.380 e. The molecule has 2 saturated carbocycles. The first kappa shape index (κ1) is 20.5. The fourth-order valence-corrected chi connectivity index (χ4v) is 7.09. The van der Waals surface area contributed by atoms with Gasteiger partial charge in [-0.1, -0.05) is 25.7 Å². The van der Waals surface area contributed by atoms with Crippen LogP contribution in [0.4, 0.5) is 0 Å². The molecule has 152 valence electrons. The average molecular weight is 389 g/mol. The van der Waals surface area contributed by atoms with Crippen LogP contribution in [0.2, 0.25) is 0 Å². The molecule has 2 atom stereocenters. The summed E-state index contributed by atoms with van der Waals surface area (Å²) in [6.07, 6.45) is 8.58. The van der Waals surface area contributed by atoms with Crippen LogP contribution in [0.15, 0.2) is 0 Å². The van der Waals surface area contributed by atoms with Crippen molar-refractivity contribution in [3.8, 4) is 0 Å². The Morgan fingerprint density at radius 2 is 1.85 bits per heavy atom. The Labute approximate surface area is 159 Å². The standard InChI is InChI=1S/C19H36N2O4S/c1-20(2)12-17-13-25-19(10-6-7-11-19)15-21(17)26(22,23)14-18(24-3)16-8-4-5-9-16/h16-18H,4-15H2,1-3H3. The lowest BCUT2D eigenvalue weighted by atomic mass is 9.99. The molecule has 0 N–H and O–H groups in total. The Bertz CT molecular complexity index is 554. The van der Waals surface area contributed by atoms with E-state index in [9.17, 15) is 8.42 Å². The van der Waals surface area contributed by atoms with Gasteiger partial charge in [-0.15, -0.1) is 0 Å². The molecule has 0 radical (unpaired) electrons. The zero-order chi connectivity index (χ0) is 18.8. The Morgan fingerprint density at radius 1 is 1.19 bits per heavy atom. The highest BCUT2D eigenvalue weighted by atomic mass is 32.2. The smallest absolute Gasteiger partial charge is 0.217 e. The fraction of sp³-hybridized carbons (Fsp3) is 1.00. The summed E-state index contributed by atoms with van der Waals surface area (Å²) in [5, 5.41) is 0. The van der Waals surface area contributed by atoms with E-state index in [1.807, 2.05) is 19.0 Å². The summed E-state index contributed by atoms with van der Waals surface area (Å²) in [6, 6.07) is -0.109. The van der Waals surface area contributed by atoms with Gasteiger partial charge in [0.15, 0.2) is 0 Å². The molecule has 0 aromatic heterocycles. The van der Waals surface area contributed by atoms with Crippen molar-refractivity contribution in [3.05, 3.63) is 0 Å². The molecule has 3 rings (SSSR count). The quantitative estimate of drug-likeness (QED) is 0.668. The van der Waals surface area contributed by atoms with Crippen molar-refractivity contribution in [2.24, 2.45) is 5.92 Å². The minimum atomic E-state index is -3.39. The van der Waals surface area contributed by atoms with Gasteiger partial charge < -0.3 is 14.4 Å². The van der Waals surface area contributed by atoms with Crippen LogP contribution in [0, 0.1) is 5.92 Å². The van der Waals surface area contributed by atoms with Gasteiger partial charge in [0.1, 0.15) is 0 Å². The average Bonchev–Trinajstić information content (AvgIpc) is 3.26. The van der Waals surface area contributed by atoms with E-state index < -0.39 is 10.0 Å². The van der Waals surface area contributed by atoms with Gasteiger partial charge in [-0.25, -0.2) is 8.42 Å². The van der Waals surface area contributed by atoms with Crippen LogP contribution in [-0.4, -0.2) is 82.0 Å². The molecule has 0 aromatic rings. The van der Waals surface area contributed by atoms with Crippen molar-refractivity contribution in [2.75, 3.05) is 46.7 Å². The summed E-state index contributed by atoms with van der Waals surface area (Å²) in [6.45, 7) is 1.70. The number of hydrogen-bond acceptors (Lipinski definition) is 5. The van der Waals surface area contributed by atoms with Gasteiger partial charge in [-0.3, -0.25) is 0 Å². The Morgan fingerprint density at radius 3 is 2.42 bits per heavy atom. The minimum absolute atomic E-state index is 0.105. The van der Waals surface area contributed by atoms with E-state index in [0.29, 0.717) is 25.6 Å². The number of ether oxygens (including phenoxy) is 2. The third-order valence-corrected chi connectivity index (χ3v) is 8.38. The highest BCUT2D eigenvalue weighted by Crippen LogP contribution is 2.39. The number of likely N-dealkylation sites (N-methyl/N-ethyl adjacent to an activating group) is 1. The van der Waals surface area contributed by atoms with Crippen LogP contribution >= 0.6 is 0 Å². The van der Waals surface area contributed by atoms with Crippen molar-refractivity contribution >= 4 is 10.0 Å². The first-order chi connectivity index (χ1) is 12.4. The molecule has 3 fully saturated rings. The highest BCUT2D eigenvalue weighted by Gasteiger charge is 2.47. The maximum Gasteiger partial charge on any atom is 0.217 e. The fourth-order valence-electron chi connectivity index (χ4n) is 5.06. The highest BCUT2D eigenvalue weighted by molar-refractivity contribution is 7.89. The molecule has 0 amide bonds. The van der Waals surface area contributed by atoms with Gasteiger partial charge in [-0.2, -0.15) is 4.31 Å². The van der Waals surface area contributed by atoms with E-state index in [4.69, 9.17) is 9.47 Å². The third-order valence-electron chi connectivity index (χ3n) is 6.48. The molecular formula is C19H36N2O4S. The van der Waals surface area contributed by atoms with Crippen LogP contribution in [-0.2, 0) is 19.5 Å². The lowest BCUT2D eigenvalue weighted by Crippen LogP contribution is -2.60. The van der Waals surface area contributed by atoms with Crippen LogP contribution in [0.25, 0.3) is 0 Å². The number of methoxy groups -OCH3 is 1. The summed E-state index contributed by atoms with van der Waals surface area (Å²) in [4.78, 5) is 2.05. The van der Waals surface area contributed by atoms with Gasteiger partial charge in [0.25, 0.3) is 0 Å². The molecule has 6 nitrogen and oxygen atoms in total. The normalized spacial score (nSPS) is 29.0. The Balaban J connectivity index is 1.77. The van der Waals surface area contributed by atoms with Crippen molar-refractivity contribution in [2.45, 2.75) is 69.1 Å². The predicted molar refractivity (Wildman–Crippen MR) is 103 cm³/mol. The molecule has 2 unspecified atom stereocenters. The van der Waals surface area contributed by atoms with Crippen LogP contribution < -0.4 is 0 Å². The second kappa shape index (κ2) is 8.43. The monoisotopic (exact) mass is 388 g/mol. The number of morpholine rings is 1. The maximum absolute atomic E-state index is 13.4. The molecule has 7 heteroatoms. The second-order valence-electron chi connectivity index (χ2n) is 8.76. The molecule has 2 aliphatic carbocycles. The van der Waals surface area contributed by atoms with E-state index in [0.717, 1.165) is 38.5 Å². The van der Waals surface area contributed by atoms with Crippen LogP contribution in [0.5, 0.6) is 0 Å². The zero-order valence-electron chi connectivity index (χ0n) is 16.7. The topological polar surface area (TPSA) is 59.1 Å². The van der Waals surface area contributed by atoms with Crippen molar-refractivity contribution in [1.82, 2.24) is 9.21 Å². The summed E-state index contributed by atoms with van der Waals surface area (Å²) >= 11 is 0. The first-order valence-corrected chi connectivity index (χ1v) is 11.8. The van der Waals surface area contributed by atoms with Gasteiger partial charge in [0, 0.05) is 20.2 Å². The van der Waals surface area contributed by atoms with E-state index in [1.165, 1.54) is 12.8 Å². The van der Waals surface area contributed by atoms with Crippen LogP contribution in [0.1, 0.15) is 51.4 Å². The van der Waals surface area contributed by atoms with E-state index in [1.54, 1.807) is 11.4 Å². The van der Waals surface area contributed by atoms with Gasteiger partial charge in [0.05, 0.1) is 30.1 Å². The van der Waals surface area contributed by atoms with Crippen LogP contribution in [0.3, 0.4) is 0 Å². The largest absolute Gasteiger partial charge is 0.380 e. The van der Waals surface area contributed by atoms with Gasteiger partial charge >= 0.3 is 0 Å². The van der Waals surface area contributed by atoms with Gasteiger partial charge in [-0.05, 0) is 45.7 Å². The summed E-state index contributed by atoms with van der Waals surface area (Å²) < 4.78 is 40.5. The lowest BCUT2D eigenvalue weighted by molar-refractivity contribution is -0.110. The Hall–Kier alpha value is -0.210. The second-order valence-corrected chi connectivity index (χ2v) is 10.7. The number of nitrogens with zero attached hydrogens (tertiary/aromatic N) is 2. The molecule has 1 saturated heterocycles. The summed E-state index contributed by atoms with van der Waals surface area (Å²) in [5.74, 6) is 0.484. The third kappa shape index (κ3) is 4.61. The first-order valence-electron chi connectivity index (χ1n) is 10.2. The number of hydrogen-bond donors (Lipinski definition) is 0. The van der Waals surface area contributed by atoms with Crippen molar-refractivity contribution < 1.29 is 17.9 Å². The van der Waals surface area contributed by atoms with E-state index in [2.05, 4.69) is 0 Å². The number of rotatable bonds is 7. The molecule has 0 bridgehead atoms. The van der Waals surface area contributed by atoms with Gasteiger partial charge in [0.2, 0.25) is 10.0 Å². The SMILES string of the molecule is COC(CS(=O)(=O)N1CC2(CCCC2)OCC1CN(C)C)C1CCCC1. The van der Waals surface area contributed by atoms with E-state index >= 15 is 0 Å². The Kier molecular flexibility index (Phi) is 6.66. The number of sulfonamides is 1. The van der Waals surface area contributed by atoms with E-state index in [-0.39, 0.29) is 23.5 Å².